The number of anilines is 1. The summed E-state index contributed by atoms with van der Waals surface area (Å²) >= 11 is 5.37. The molecular formula is C7H7ClF3N3O. The second kappa shape index (κ2) is 3.26. The third-order valence-corrected chi connectivity index (χ3v) is 2.45. The van der Waals surface area contributed by atoms with Crippen molar-refractivity contribution in [2.75, 3.05) is 5.32 Å². The fourth-order valence-electron chi connectivity index (χ4n) is 1.17. The summed E-state index contributed by atoms with van der Waals surface area (Å²) in [6.07, 6.45) is -4.26. The van der Waals surface area contributed by atoms with Gasteiger partial charge >= 0.3 is 12.2 Å². The van der Waals surface area contributed by atoms with E-state index < -0.39 is 11.7 Å². The summed E-state index contributed by atoms with van der Waals surface area (Å²) in [6, 6.07) is -0.236. The van der Waals surface area contributed by atoms with Crippen LogP contribution in [0.1, 0.15) is 18.7 Å². The van der Waals surface area contributed by atoms with Crippen LogP contribution < -0.4 is 5.32 Å². The van der Waals surface area contributed by atoms with Crippen LogP contribution in [0.4, 0.5) is 19.2 Å². The van der Waals surface area contributed by atoms with E-state index in [-0.39, 0.29) is 30.6 Å². The van der Waals surface area contributed by atoms with Gasteiger partial charge in [-0.1, -0.05) is 5.10 Å². The topological polar surface area (TPSA) is 51.0 Å². The van der Waals surface area contributed by atoms with Crippen LogP contribution in [-0.2, 0) is 5.88 Å². The lowest BCUT2D eigenvalue weighted by Gasteiger charge is -2.18. The molecule has 1 saturated carbocycles. The molecule has 0 saturated heterocycles. The largest absolute Gasteiger partial charge is 0.411 e. The van der Waals surface area contributed by atoms with Gasteiger partial charge < -0.3 is 9.73 Å². The molecule has 0 amide bonds. The second-order valence-electron chi connectivity index (χ2n) is 3.34. The Morgan fingerprint density at radius 3 is 2.47 bits per heavy atom. The van der Waals surface area contributed by atoms with E-state index in [4.69, 9.17) is 16.0 Å². The molecule has 1 N–H and O–H groups in total. The molecule has 15 heavy (non-hydrogen) atoms. The molecule has 1 aliphatic rings. The first-order chi connectivity index (χ1) is 6.97. The van der Waals surface area contributed by atoms with E-state index >= 15 is 0 Å². The molecule has 0 radical (unpaired) electrons. The van der Waals surface area contributed by atoms with Crippen LogP contribution in [0, 0.1) is 0 Å². The maximum atomic E-state index is 12.5. The standard InChI is InChI=1S/C7H7ClF3N3O/c8-3-4-13-14-5(15-4)12-6(1-2-6)7(9,10)11/h1-3H2,(H,12,14). The van der Waals surface area contributed by atoms with Crippen LogP contribution in [0.15, 0.2) is 4.42 Å². The van der Waals surface area contributed by atoms with Gasteiger partial charge in [0.25, 0.3) is 0 Å². The number of halogens is 4. The van der Waals surface area contributed by atoms with Gasteiger partial charge in [0.1, 0.15) is 11.4 Å². The quantitative estimate of drug-likeness (QED) is 0.825. The van der Waals surface area contributed by atoms with Crippen molar-refractivity contribution < 1.29 is 17.6 Å². The van der Waals surface area contributed by atoms with Gasteiger partial charge in [-0.25, -0.2) is 0 Å². The molecule has 0 aliphatic heterocycles. The normalized spacial score (nSPS) is 18.9. The molecule has 2 rings (SSSR count). The van der Waals surface area contributed by atoms with Gasteiger partial charge in [-0.2, -0.15) is 13.2 Å². The fraction of sp³-hybridized carbons (Fsp3) is 0.714. The summed E-state index contributed by atoms with van der Waals surface area (Å²) < 4.78 is 42.3. The van der Waals surface area contributed by atoms with Crippen molar-refractivity contribution in [2.24, 2.45) is 0 Å². The van der Waals surface area contributed by atoms with Crippen molar-refractivity contribution in [3.05, 3.63) is 5.89 Å². The van der Waals surface area contributed by atoms with Crippen molar-refractivity contribution in [3.63, 3.8) is 0 Å². The number of nitrogens with one attached hydrogen (secondary N) is 1. The minimum atomic E-state index is -4.30. The lowest BCUT2D eigenvalue weighted by Crippen LogP contribution is -2.38. The molecule has 1 aromatic heterocycles. The Labute approximate surface area is 87.8 Å². The van der Waals surface area contributed by atoms with E-state index in [1.807, 2.05) is 0 Å². The lowest BCUT2D eigenvalue weighted by molar-refractivity contribution is -0.151. The van der Waals surface area contributed by atoms with Crippen molar-refractivity contribution in [2.45, 2.75) is 30.4 Å². The molecule has 0 spiro atoms. The molecule has 4 nitrogen and oxygen atoms in total. The summed E-state index contributed by atoms with van der Waals surface area (Å²) in [4.78, 5) is 0. The van der Waals surface area contributed by atoms with E-state index in [9.17, 15) is 13.2 Å². The Morgan fingerprint density at radius 2 is 2.07 bits per heavy atom. The Kier molecular flexibility index (Phi) is 2.29. The molecule has 1 aromatic rings. The lowest BCUT2D eigenvalue weighted by atomic mass is 10.3. The molecule has 0 bridgehead atoms. The van der Waals surface area contributed by atoms with Crippen LogP contribution in [0.3, 0.4) is 0 Å². The molecule has 1 fully saturated rings. The van der Waals surface area contributed by atoms with E-state index in [0.717, 1.165) is 0 Å². The SMILES string of the molecule is FC(F)(F)C1(Nc2nnc(CCl)o2)CC1. The third kappa shape index (κ3) is 1.88. The van der Waals surface area contributed by atoms with Gasteiger partial charge in [0.05, 0.1) is 0 Å². The Bertz CT molecular complexity index is 361. The maximum absolute atomic E-state index is 12.5. The molecular weight excluding hydrogens is 235 g/mol. The number of aromatic nitrogens is 2. The number of nitrogens with zero attached hydrogens (tertiary/aromatic N) is 2. The maximum Gasteiger partial charge on any atom is 0.411 e. The van der Waals surface area contributed by atoms with Crippen molar-refractivity contribution >= 4 is 17.6 Å². The first-order valence-electron chi connectivity index (χ1n) is 4.20. The monoisotopic (exact) mass is 241 g/mol. The van der Waals surface area contributed by atoms with Crippen molar-refractivity contribution in [1.82, 2.24) is 10.2 Å². The Hall–Kier alpha value is -0.980. The molecule has 8 heteroatoms. The predicted octanol–water partition coefficient (Wildman–Crippen LogP) is 2.32. The highest BCUT2D eigenvalue weighted by atomic mass is 35.5. The number of alkyl halides is 4. The zero-order valence-corrected chi connectivity index (χ0v) is 8.19. The molecule has 1 aliphatic carbocycles. The molecule has 84 valence electrons. The average molecular weight is 242 g/mol. The van der Waals surface area contributed by atoms with E-state index in [2.05, 4.69) is 15.5 Å². The highest BCUT2D eigenvalue weighted by Crippen LogP contribution is 2.50. The number of hydrogen-bond donors (Lipinski definition) is 1. The predicted molar refractivity (Wildman–Crippen MR) is 45.5 cm³/mol. The van der Waals surface area contributed by atoms with Crippen LogP contribution in [0.2, 0.25) is 0 Å². The third-order valence-electron chi connectivity index (χ3n) is 2.22. The van der Waals surface area contributed by atoms with Gasteiger partial charge in [0, 0.05) is 0 Å². The summed E-state index contributed by atoms with van der Waals surface area (Å²) in [5.41, 5.74) is -1.89. The van der Waals surface area contributed by atoms with E-state index in [1.165, 1.54) is 0 Å². The van der Waals surface area contributed by atoms with Gasteiger partial charge in [0.15, 0.2) is 0 Å². The van der Waals surface area contributed by atoms with Gasteiger partial charge in [-0.15, -0.1) is 16.7 Å². The van der Waals surface area contributed by atoms with Crippen LogP contribution in [0.25, 0.3) is 0 Å². The first-order valence-corrected chi connectivity index (χ1v) is 4.73. The summed E-state index contributed by atoms with van der Waals surface area (Å²) in [5, 5.41) is 9.06. The Morgan fingerprint density at radius 1 is 1.40 bits per heavy atom. The summed E-state index contributed by atoms with van der Waals surface area (Å²) in [5.74, 6) is 0.0744. The highest BCUT2D eigenvalue weighted by Gasteiger charge is 2.64. The zero-order chi connectivity index (χ0) is 11.1. The van der Waals surface area contributed by atoms with Crippen LogP contribution in [-0.4, -0.2) is 21.9 Å². The van der Waals surface area contributed by atoms with Gasteiger partial charge in [-0.05, 0) is 12.8 Å². The molecule has 0 unspecified atom stereocenters. The highest BCUT2D eigenvalue weighted by molar-refractivity contribution is 6.16. The Balaban J connectivity index is 2.09. The molecule has 1 heterocycles. The van der Waals surface area contributed by atoms with E-state index in [1.54, 1.807) is 0 Å². The second-order valence-corrected chi connectivity index (χ2v) is 3.61. The minimum Gasteiger partial charge on any atom is -0.407 e. The number of rotatable bonds is 3. The number of hydrogen-bond acceptors (Lipinski definition) is 4. The van der Waals surface area contributed by atoms with Gasteiger partial charge in [-0.3, -0.25) is 0 Å². The summed E-state index contributed by atoms with van der Waals surface area (Å²) in [7, 11) is 0. The zero-order valence-electron chi connectivity index (χ0n) is 7.44. The van der Waals surface area contributed by atoms with Crippen molar-refractivity contribution in [3.8, 4) is 0 Å². The fourth-order valence-corrected chi connectivity index (χ4v) is 1.28. The molecule has 0 aromatic carbocycles. The minimum absolute atomic E-state index is 0.0201. The van der Waals surface area contributed by atoms with Crippen molar-refractivity contribution in [1.29, 1.82) is 0 Å². The van der Waals surface area contributed by atoms with Gasteiger partial charge in [0.2, 0.25) is 5.89 Å². The van der Waals surface area contributed by atoms with Crippen LogP contribution in [0.5, 0.6) is 0 Å². The average Bonchev–Trinajstić information content (AvgIpc) is 2.78. The van der Waals surface area contributed by atoms with E-state index in [0.29, 0.717) is 0 Å². The summed E-state index contributed by atoms with van der Waals surface area (Å²) in [6.45, 7) is 0. The molecule has 0 atom stereocenters. The van der Waals surface area contributed by atoms with Crippen LogP contribution >= 0.6 is 11.6 Å². The smallest absolute Gasteiger partial charge is 0.407 e. The first kappa shape index (κ1) is 10.5.